The lowest BCUT2D eigenvalue weighted by molar-refractivity contribution is -0.385. The van der Waals surface area contributed by atoms with Gasteiger partial charge in [0.25, 0.3) is 5.69 Å². The zero-order valence-corrected chi connectivity index (χ0v) is 10.5. The molecule has 0 aliphatic heterocycles. The second-order valence-electron chi connectivity index (χ2n) is 3.40. The standard InChI is InChI=1S/C12H13NO6/c1-3-18-11(14)8-6-5-7-9(13(16)17)10(8)12(15)19-4-2/h5-7H,3-4H2,1-2H3. The second kappa shape index (κ2) is 6.48. The van der Waals surface area contributed by atoms with Gasteiger partial charge in [-0.2, -0.15) is 0 Å². The minimum atomic E-state index is -0.919. The van der Waals surface area contributed by atoms with E-state index in [2.05, 4.69) is 0 Å². The lowest BCUT2D eigenvalue weighted by Gasteiger charge is -2.08. The number of carbonyl (C=O) groups is 2. The van der Waals surface area contributed by atoms with Gasteiger partial charge in [0, 0.05) is 6.07 Å². The summed E-state index contributed by atoms with van der Waals surface area (Å²) < 4.78 is 9.50. The van der Waals surface area contributed by atoms with Crippen LogP contribution in [0.15, 0.2) is 18.2 Å². The smallest absolute Gasteiger partial charge is 0.346 e. The molecule has 0 aliphatic rings. The molecule has 0 N–H and O–H groups in total. The molecule has 0 fully saturated rings. The summed E-state index contributed by atoms with van der Waals surface area (Å²) in [6.45, 7) is 3.31. The lowest BCUT2D eigenvalue weighted by atomic mass is 10.1. The predicted octanol–water partition coefficient (Wildman–Crippen LogP) is 1.95. The van der Waals surface area contributed by atoms with Crippen LogP contribution in [-0.2, 0) is 9.47 Å². The summed E-state index contributed by atoms with van der Waals surface area (Å²) in [5.41, 5.74) is -1.04. The third kappa shape index (κ3) is 3.27. The van der Waals surface area contributed by atoms with Gasteiger partial charge in [0.1, 0.15) is 0 Å². The van der Waals surface area contributed by atoms with Gasteiger partial charge in [-0.05, 0) is 19.9 Å². The van der Waals surface area contributed by atoms with Crippen LogP contribution >= 0.6 is 0 Å². The van der Waals surface area contributed by atoms with Crippen molar-refractivity contribution >= 4 is 17.6 Å². The van der Waals surface area contributed by atoms with Gasteiger partial charge >= 0.3 is 11.9 Å². The molecular weight excluding hydrogens is 254 g/mol. The molecule has 1 rings (SSSR count). The Labute approximate surface area is 109 Å². The van der Waals surface area contributed by atoms with E-state index >= 15 is 0 Å². The predicted molar refractivity (Wildman–Crippen MR) is 65.0 cm³/mol. The fourth-order valence-electron chi connectivity index (χ4n) is 1.49. The van der Waals surface area contributed by atoms with E-state index in [0.717, 1.165) is 6.07 Å². The molecule has 0 spiro atoms. The van der Waals surface area contributed by atoms with Crippen LogP contribution in [0.5, 0.6) is 0 Å². The van der Waals surface area contributed by atoms with Gasteiger partial charge in [0.15, 0.2) is 5.56 Å². The summed E-state index contributed by atoms with van der Waals surface area (Å²) in [7, 11) is 0. The third-order valence-corrected chi connectivity index (χ3v) is 2.21. The molecule has 102 valence electrons. The van der Waals surface area contributed by atoms with Crippen molar-refractivity contribution in [2.24, 2.45) is 0 Å². The summed E-state index contributed by atoms with van der Waals surface area (Å²) in [4.78, 5) is 33.6. The molecule has 1 aromatic rings. The molecule has 0 bridgehead atoms. The topological polar surface area (TPSA) is 95.7 Å². The van der Waals surface area contributed by atoms with E-state index in [9.17, 15) is 19.7 Å². The average molecular weight is 267 g/mol. The Hall–Kier alpha value is -2.44. The van der Waals surface area contributed by atoms with Crippen LogP contribution in [0.2, 0.25) is 0 Å². The molecule has 0 aliphatic carbocycles. The first kappa shape index (κ1) is 14.6. The van der Waals surface area contributed by atoms with E-state index in [0.29, 0.717) is 0 Å². The fraction of sp³-hybridized carbons (Fsp3) is 0.333. The third-order valence-electron chi connectivity index (χ3n) is 2.21. The number of nitro benzene ring substituents is 1. The van der Waals surface area contributed by atoms with Crippen molar-refractivity contribution in [3.05, 3.63) is 39.4 Å². The zero-order chi connectivity index (χ0) is 14.4. The highest BCUT2D eigenvalue weighted by atomic mass is 16.6. The van der Waals surface area contributed by atoms with Crippen molar-refractivity contribution in [1.29, 1.82) is 0 Å². The first-order valence-corrected chi connectivity index (χ1v) is 5.64. The van der Waals surface area contributed by atoms with Gasteiger partial charge in [-0.3, -0.25) is 10.1 Å². The van der Waals surface area contributed by atoms with Crippen LogP contribution in [0.3, 0.4) is 0 Å². The second-order valence-corrected chi connectivity index (χ2v) is 3.40. The van der Waals surface area contributed by atoms with Gasteiger partial charge in [0.2, 0.25) is 0 Å². The number of nitrogens with zero attached hydrogens (tertiary/aromatic N) is 1. The van der Waals surface area contributed by atoms with Gasteiger partial charge in [-0.15, -0.1) is 0 Å². The fourth-order valence-corrected chi connectivity index (χ4v) is 1.49. The summed E-state index contributed by atoms with van der Waals surface area (Å²) in [5, 5.41) is 10.9. The van der Waals surface area contributed by atoms with Crippen LogP contribution in [0.1, 0.15) is 34.6 Å². The molecule has 7 nitrogen and oxygen atoms in total. The summed E-state index contributed by atoms with van der Waals surface area (Å²) in [5.74, 6) is -1.72. The van der Waals surface area contributed by atoms with E-state index < -0.39 is 22.5 Å². The number of esters is 2. The van der Waals surface area contributed by atoms with Crippen molar-refractivity contribution in [1.82, 2.24) is 0 Å². The van der Waals surface area contributed by atoms with Crippen molar-refractivity contribution in [3.63, 3.8) is 0 Å². The van der Waals surface area contributed by atoms with E-state index in [1.165, 1.54) is 12.1 Å². The van der Waals surface area contributed by atoms with Crippen LogP contribution < -0.4 is 0 Å². The number of hydrogen-bond acceptors (Lipinski definition) is 6. The van der Waals surface area contributed by atoms with Gasteiger partial charge < -0.3 is 9.47 Å². The summed E-state index contributed by atoms with van der Waals surface area (Å²) in [6, 6.07) is 3.74. The highest BCUT2D eigenvalue weighted by Crippen LogP contribution is 2.24. The van der Waals surface area contributed by atoms with E-state index in [1.807, 2.05) is 0 Å². The van der Waals surface area contributed by atoms with Gasteiger partial charge in [0.05, 0.1) is 23.7 Å². The number of benzene rings is 1. The molecule has 0 atom stereocenters. The summed E-state index contributed by atoms with van der Waals surface area (Å²) >= 11 is 0. The first-order chi connectivity index (χ1) is 9.02. The number of hydrogen-bond donors (Lipinski definition) is 0. The van der Waals surface area contributed by atoms with Gasteiger partial charge in [-0.25, -0.2) is 9.59 Å². The number of rotatable bonds is 5. The van der Waals surface area contributed by atoms with E-state index in [4.69, 9.17) is 9.47 Å². The zero-order valence-electron chi connectivity index (χ0n) is 10.5. The first-order valence-electron chi connectivity index (χ1n) is 5.64. The molecule has 0 saturated heterocycles. The largest absolute Gasteiger partial charge is 0.462 e. The van der Waals surface area contributed by atoms with Gasteiger partial charge in [-0.1, -0.05) is 6.07 Å². The van der Waals surface area contributed by atoms with Crippen molar-refractivity contribution in [3.8, 4) is 0 Å². The van der Waals surface area contributed by atoms with Crippen LogP contribution in [0.25, 0.3) is 0 Å². The number of ether oxygens (including phenoxy) is 2. The highest BCUT2D eigenvalue weighted by Gasteiger charge is 2.28. The molecule has 0 unspecified atom stereocenters. The maximum absolute atomic E-state index is 11.8. The average Bonchev–Trinajstić information content (AvgIpc) is 2.38. The molecular formula is C12H13NO6. The molecule has 19 heavy (non-hydrogen) atoms. The SMILES string of the molecule is CCOC(=O)c1cccc([N+](=O)[O-])c1C(=O)OCC. The monoisotopic (exact) mass is 267 g/mol. The molecule has 0 amide bonds. The van der Waals surface area contributed by atoms with Crippen molar-refractivity contribution in [2.75, 3.05) is 13.2 Å². The van der Waals surface area contributed by atoms with Crippen LogP contribution in [0.4, 0.5) is 5.69 Å². The number of nitro groups is 1. The normalized spacial score (nSPS) is 9.79. The quantitative estimate of drug-likeness (QED) is 0.459. The van der Waals surface area contributed by atoms with E-state index in [1.54, 1.807) is 13.8 Å². The molecule has 0 radical (unpaired) electrons. The Bertz CT molecular complexity index is 511. The maximum Gasteiger partial charge on any atom is 0.346 e. The van der Waals surface area contributed by atoms with Crippen LogP contribution in [0, 0.1) is 10.1 Å². The molecule has 7 heteroatoms. The highest BCUT2D eigenvalue weighted by molar-refractivity contribution is 6.06. The Balaban J connectivity index is 3.37. The molecule has 0 saturated carbocycles. The minimum Gasteiger partial charge on any atom is -0.462 e. The lowest BCUT2D eigenvalue weighted by Crippen LogP contribution is -2.16. The van der Waals surface area contributed by atoms with Crippen molar-refractivity contribution in [2.45, 2.75) is 13.8 Å². The Morgan fingerprint density at radius 2 is 1.74 bits per heavy atom. The van der Waals surface area contributed by atoms with E-state index in [-0.39, 0.29) is 24.3 Å². The summed E-state index contributed by atoms with van der Waals surface area (Å²) in [6.07, 6.45) is 0. The molecule has 1 aromatic carbocycles. The van der Waals surface area contributed by atoms with Crippen molar-refractivity contribution < 1.29 is 24.0 Å². The van der Waals surface area contributed by atoms with Crippen LogP contribution in [-0.4, -0.2) is 30.1 Å². The molecule has 0 aromatic heterocycles. The minimum absolute atomic E-state index is 0.0488. The Morgan fingerprint density at radius 1 is 1.16 bits per heavy atom. The Kier molecular flexibility index (Phi) is 4.99. The number of carbonyl (C=O) groups excluding carboxylic acids is 2. The maximum atomic E-state index is 11.8. The Morgan fingerprint density at radius 3 is 2.26 bits per heavy atom. The molecule has 0 heterocycles.